The Morgan fingerprint density at radius 2 is 1.86 bits per heavy atom. The van der Waals surface area contributed by atoms with Crippen molar-refractivity contribution in [3.05, 3.63) is 65.2 Å². The summed E-state index contributed by atoms with van der Waals surface area (Å²) in [7, 11) is 0. The molecule has 2 N–H and O–H groups in total. The zero-order chi connectivity index (χ0) is 14.8. The lowest BCUT2D eigenvalue weighted by atomic mass is 10.1. The summed E-state index contributed by atoms with van der Waals surface area (Å²) in [5.41, 5.74) is 10.2. The molecular formula is C18H18N2O. The summed E-state index contributed by atoms with van der Waals surface area (Å²) in [5, 5.41) is 1.08. The zero-order valence-electron chi connectivity index (χ0n) is 12.3. The van der Waals surface area contributed by atoms with Gasteiger partial charge < -0.3 is 10.5 Å². The van der Waals surface area contributed by atoms with Crippen molar-refractivity contribution < 1.29 is 4.74 Å². The van der Waals surface area contributed by atoms with Crippen LogP contribution in [0.1, 0.15) is 16.7 Å². The van der Waals surface area contributed by atoms with Gasteiger partial charge in [-0.2, -0.15) is 0 Å². The van der Waals surface area contributed by atoms with Gasteiger partial charge in [-0.25, -0.2) is 4.98 Å². The van der Waals surface area contributed by atoms with E-state index in [1.54, 1.807) is 0 Å². The van der Waals surface area contributed by atoms with E-state index in [-0.39, 0.29) is 0 Å². The van der Waals surface area contributed by atoms with Gasteiger partial charge in [-0.05, 0) is 43.2 Å². The average molecular weight is 278 g/mol. The van der Waals surface area contributed by atoms with Gasteiger partial charge in [-0.1, -0.05) is 30.3 Å². The minimum absolute atomic E-state index is 0.425. The van der Waals surface area contributed by atoms with Crippen molar-refractivity contribution in [2.24, 2.45) is 0 Å². The molecule has 1 aromatic heterocycles. The van der Waals surface area contributed by atoms with Gasteiger partial charge in [0.1, 0.15) is 18.2 Å². The molecule has 3 rings (SSSR count). The van der Waals surface area contributed by atoms with Gasteiger partial charge in [0.05, 0.1) is 5.52 Å². The molecule has 0 atom stereocenters. The van der Waals surface area contributed by atoms with Crippen LogP contribution < -0.4 is 10.5 Å². The first-order valence-corrected chi connectivity index (χ1v) is 6.98. The lowest BCUT2D eigenvalue weighted by Crippen LogP contribution is -2.03. The third-order valence-corrected chi connectivity index (χ3v) is 3.77. The molecule has 3 heteroatoms. The molecule has 0 aliphatic rings. The van der Waals surface area contributed by atoms with Gasteiger partial charge in [-0.3, -0.25) is 0 Å². The highest BCUT2D eigenvalue weighted by atomic mass is 16.5. The molecule has 0 saturated carbocycles. The fourth-order valence-electron chi connectivity index (χ4n) is 2.33. The molecule has 0 aliphatic heterocycles. The molecule has 0 radical (unpaired) electrons. The number of rotatable bonds is 3. The molecule has 0 spiro atoms. The molecule has 0 bridgehead atoms. The third kappa shape index (κ3) is 2.68. The van der Waals surface area contributed by atoms with E-state index in [0.29, 0.717) is 12.4 Å². The molecule has 0 unspecified atom stereocenters. The number of aryl methyl sites for hydroxylation is 1. The summed E-state index contributed by atoms with van der Waals surface area (Å²) in [6.45, 7) is 4.56. The van der Waals surface area contributed by atoms with E-state index in [0.717, 1.165) is 27.8 Å². The molecule has 2 aromatic carbocycles. The maximum Gasteiger partial charge on any atom is 0.130 e. The quantitative estimate of drug-likeness (QED) is 0.787. The van der Waals surface area contributed by atoms with Crippen molar-refractivity contribution in [2.45, 2.75) is 20.5 Å². The summed E-state index contributed by atoms with van der Waals surface area (Å²) < 4.78 is 5.91. The van der Waals surface area contributed by atoms with Gasteiger partial charge >= 0.3 is 0 Å². The van der Waals surface area contributed by atoms with E-state index in [9.17, 15) is 0 Å². The molecule has 106 valence electrons. The fourth-order valence-corrected chi connectivity index (χ4v) is 2.33. The number of hydrogen-bond acceptors (Lipinski definition) is 3. The Morgan fingerprint density at radius 1 is 1.05 bits per heavy atom. The number of hydrogen-bond donors (Lipinski definition) is 1. The number of fused-ring (bicyclic) bond motifs is 1. The van der Waals surface area contributed by atoms with E-state index < -0.39 is 0 Å². The van der Waals surface area contributed by atoms with E-state index in [1.807, 2.05) is 42.5 Å². The van der Waals surface area contributed by atoms with Gasteiger partial charge in [0.2, 0.25) is 0 Å². The number of anilines is 1. The SMILES string of the molecule is Cc1cccc(OCc2cc3ccccc3nc2N)c1C. The number of benzene rings is 2. The Labute approximate surface area is 124 Å². The summed E-state index contributed by atoms with van der Waals surface area (Å²) in [6, 6.07) is 16.0. The number of para-hydroxylation sites is 1. The van der Waals surface area contributed by atoms with E-state index in [2.05, 4.69) is 24.9 Å². The first kappa shape index (κ1) is 13.4. The fraction of sp³-hybridized carbons (Fsp3) is 0.167. The molecule has 3 aromatic rings. The van der Waals surface area contributed by atoms with Gasteiger partial charge in [0.15, 0.2) is 0 Å². The first-order chi connectivity index (χ1) is 10.1. The second-order valence-corrected chi connectivity index (χ2v) is 5.21. The number of nitrogens with zero attached hydrogens (tertiary/aromatic N) is 1. The Bertz CT molecular complexity index is 796. The number of aromatic nitrogens is 1. The Balaban J connectivity index is 1.88. The van der Waals surface area contributed by atoms with Crippen LogP contribution in [-0.2, 0) is 6.61 Å². The number of nitrogens with two attached hydrogens (primary N) is 1. The predicted octanol–water partition coefficient (Wildman–Crippen LogP) is 4.01. The largest absolute Gasteiger partial charge is 0.488 e. The lowest BCUT2D eigenvalue weighted by molar-refractivity contribution is 0.304. The smallest absolute Gasteiger partial charge is 0.130 e. The average Bonchev–Trinajstić information content (AvgIpc) is 2.49. The van der Waals surface area contributed by atoms with Crippen LogP contribution in [0.25, 0.3) is 10.9 Å². The molecule has 21 heavy (non-hydrogen) atoms. The maximum atomic E-state index is 6.03. The van der Waals surface area contributed by atoms with Crippen molar-refractivity contribution in [2.75, 3.05) is 5.73 Å². The zero-order valence-corrected chi connectivity index (χ0v) is 12.3. The third-order valence-electron chi connectivity index (χ3n) is 3.77. The van der Waals surface area contributed by atoms with E-state index in [1.165, 1.54) is 5.56 Å². The van der Waals surface area contributed by atoms with Crippen LogP contribution >= 0.6 is 0 Å². The number of pyridine rings is 1. The minimum Gasteiger partial charge on any atom is -0.488 e. The second-order valence-electron chi connectivity index (χ2n) is 5.21. The summed E-state index contributed by atoms with van der Waals surface area (Å²) in [4.78, 5) is 4.43. The number of nitrogen functional groups attached to an aromatic ring is 1. The summed E-state index contributed by atoms with van der Waals surface area (Å²) in [5.74, 6) is 1.42. The Hall–Kier alpha value is -2.55. The normalized spacial score (nSPS) is 10.8. The summed E-state index contributed by atoms with van der Waals surface area (Å²) >= 11 is 0. The van der Waals surface area contributed by atoms with Crippen LogP contribution in [0.4, 0.5) is 5.82 Å². The topological polar surface area (TPSA) is 48.1 Å². The van der Waals surface area contributed by atoms with Crippen LogP contribution in [0.15, 0.2) is 48.5 Å². The monoisotopic (exact) mass is 278 g/mol. The summed E-state index contributed by atoms with van der Waals surface area (Å²) in [6.07, 6.45) is 0. The van der Waals surface area contributed by atoms with Crippen LogP contribution in [0.2, 0.25) is 0 Å². The molecule has 3 nitrogen and oxygen atoms in total. The van der Waals surface area contributed by atoms with E-state index >= 15 is 0 Å². The highest BCUT2D eigenvalue weighted by Crippen LogP contribution is 2.24. The molecule has 0 saturated heterocycles. The second kappa shape index (κ2) is 5.44. The first-order valence-electron chi connectivity index (χ1n) is 6.98. The molecule has 0 aliphatic carbocycles. The highest BCUT2D eigenvalue weighted by molar-refractivity contribution is 5.81. The Morgan fingerprint density at radius 3 is 2.71 bits per heavy atom. The van der Waals surface area contributed by atoms with Gasteiger partial charge in [0.25, 0.3) is 0 Å². The van der Waals surface area contributed by atoms with Crippen LogP contribution in [0, 0.1) is 13.8 Å². The molecule has 0 fully saturated rings. The minimum atomic E-state index is 0.425. The Kier molecular flexibility index (Phi) is 3.48. The maximum absolute atomic E-state index is 6.03. The van der Waals surface area contributed by atoms with Crippen molar-refractivity contribution in [1.29, 1.82) is 0 Å². The van der Waals surface area contributed by atoms with Crippen molar-refractivity contribution in [3.8, 4) is 5.75 Å². The van der Waals surface area contributed by atoms with Crippen molar-refractivity contribution in [1.82, 2.24) is 4.98 Å². The highest BCUT2D eigenvalue weighted by Gasteiger charge is 2.07. The van der Waals surface area contributed by atoms with Crippen LogP contribution in [0.5, 0.6) is 5.75 Å². The van der Waals surface area contributed by atoms with Gasteiger partial charge in [-0.15, -0.1) is 0 Å². The van der Waals surface area contributed by atoms with E-state index in [4.69, 9.17) is 10.5 Å². The number of ether oxygens (including phenoxy) is 1. The van der Waals surface area contributed by atoms with Crippen molar-refractivity contribution >= 4 is 16.7 Å². The lowest BCUT2D eigenvalue weighted by Gasteiger charge is -2.12. The standard InChI is InChI=1S/C18H18N2O/c1-12-6-5-9-17(13(12)2)21-11-15-10-14-7-3-4-8-16(14)20-18(15)19/h3-10H,11H2,1-2H3,(H2,19,20). The molecule has 1 heterocycles. The van der Waals surface area contributed by atoms with Crippen LogP contribution in [-0.4, -0.2) is 4.98 Å². The van der Waals surface area contributed by atoms with Gasteiger partial charge in [0, 0.05) is 10.9 Å². The van der Waals surface area contributed by atoms with Crippen molar-refractivity contribution in [3.63, 3.8) is 0 Å². The van der Waals surface area contributed by atoms with Crippen LogP contribution in [0.3, 0.4) is 0 Å². The molecular weight excluding hydrogens is 260 g/mol. The predicted molar refractivity (Wildman–Crippen MR) is 86.4 cm³/mol. The molecule has 0 amide bonds.